The van der Waals surface area contributed by atoms with Crippen molar-refractivity contribution >= 4 is 11.6 Å². The zero-order valence-corrected chi connectivity index (χ0v) is 7.96. The van der Waals surface area contributed by atoms with Crippen LogP contribution in [0.25, 0.3) is 0 Å². The molecule has 2 atom stereocenters. The molecule has 1 heterocycles. The summed E-state index contributed by atoms with van der Waals surface area (Å²) in [6, 6.07) is 8.02. The Bertz CT molecular complexity index is 303. The van der Waals surface area contributed by atoms with Crippen LogP contribution in [0.1, 0.15) is 18.0 Å². The summed E-state index contributed by atoms with van der Waals surface area (Å²) in [6.45, 7) is 0.678. The highest BCUT2D eigenvalue weighted by Gasteiger charge is 2.23. The van der Waals surface area contributed by atoms with Gasteiger partial charge in [-0.3, -0.25) is 0 Å². The first-order valence-corrected chi connectivity index (χ1v) is 4.80. The van der Waals surface area contributed by atoms with Gasteiger partial charge in [-0.1, -0.05) is 23.7 Å². The lowest BCUT2D eigenvalue weighted by molar-refractivity contribution is 0.193. The maximum absolute atomic E-state index is 9.33. The summed E-state index contributed by atoms with van der Waals surface area (Å²) in [5.74, 6) is 0. The van der Waals surface area contributed by atoms with Crippen LogP contribution in [-0.4, -0.2) is 17.8 Å². The Balaban J connectivity index is 2.16. The molecular formula is C10H12ClNO. The van der Waals surface area contributed by atoms with Crippen molar-refractivity contribution in [2.75, 3.05) is 6.54 Å². The van der Waals surface area contributed by atoms with Crippen LogP contribution in [0.5, 0.6) is 0 Å². The first-order chi connectivity index (χ1) is 6.25. The number of halogens is 1. The van der Waals surface area contributed by atoms with Crippen LogP contribution in [0, 0.1) is 0 Å². The number of benzene rings is 1. The summed E-state index contributed by atoms with van der Waals surface area (Å²) in [5, 5.41) is 13.3. The number of hydrogen-bond donors (Lipinski definition) is 2. The molecule has 0 bridgehead atoms. The average molecular weight is 198 g/mol. The summed E-state index contributed by atoms with van der Waals surface area (Å²) in [4.78, 5) is 0. The molecule has 0 radical (unpaired) electrons. The number of β-amino-alcohol motifs (C(OH)–C–C–N with tert-alkyl or cyclic N) is 1. The van der Waals surface area contributed by atoms with Crippen molar-refractivity contribution in [3.8, 4) is 0 Å². The van der Waals surface area contributed by atoms with Crippen LogP contribution < -0.4 is 5.32 Å². The van der Waals surface area contributed by atoms with E-state index in [0.29, 0.717) is 6.54 Å². The van der Waals surface area contributed by atoms with Gasteiger partial charge in [-0.05, 0) is 24.1 Å². The molecule has 1 fully saturated rings. The van der Waals surface area contributed by atoms with Gasteiger partial charge < -0.3 is 10.4 Å². The maximum atomic E-state index is 9.33. The summed E-state index contributed by atoms with van der Waals surface area (Å²) in [6.07, 6.45) is 0.560. The van der Waals surface area contributed by atoms with Gasteiger partial charge in [0, 0.05) is 17.6 Å². The number of aliphatic hydroxyl groups is 1. The van der Waals surface area contributed by atoms with Gasteiger partial charge >= 0.3 is 0 Å². The van der Waals surface area contributed by atoms with Crippen LogP contribution in [0.15, 0.2) is 24.3 Å². The van der Waals surface area contributed by atoms with E-state index in [2.05, 4.69) is 5.32 Å². The molecule has 1 aliphatic rings. The molecular weight excluding hydrogens is 186 g/mol. The third-order valence-corrected chi connectivity index (χ3v) is 2.59. The second kappa shape index (κ2) is 3.66. The fourth-order valence-corrected chi connectivity index (χ4v) is 1.89. The van der Waals surface area contributed by atoms with Crippen LogP contribution in [0.4, 0.5) is 0 Å². The Morgan fingerprint density at radius 1 is 1.46 bits per heavy atom. The Morgan fingerprint density at radius 2 is 2.31 bits per heavy atom. The lowest BCUT2D eigenvalue weighted by atomic mass is 10.1. The van der Waals surface area contributed by atoms with Crippen molar-refractivity contribution in [2.45, 2.75) is 18.6 Å². The summed E-state index contributed by atoms with van der Waals surface area (Å²) in [7, 11) is 0. The van der Waals surface area contributed by atoms with E-state index < -0.39 is 0 Å². The maximum Gasteiger partial charge on any atom is 0.0682 e. The molecule has 13 heavy (non-hydrogen) atoms. The highest BCUT2D eigenvalue weighted by molar-refractivity contribution is 6.30. The van der Waals surface area contributed by atoms with Crippen molar-refractivity contribution in [1.82, 2.24) is 5.32 Å². The zero-order valence-electron chi connectivity index (χ0n) is 7.20. The minimum atomic E-state index is -0.219. The Labute approximate surface area is 82.5 Å². The Morgan fingerprint density at radius 3 is 2.92 bits per heavy atom. The Hall–Kier alpha value is -0.570. The van der Waals surface area contributed by atoms with Gasteiger partial charge in [0.15, 0.2) is 0 Å². The fraction of sp³-hybridized carbons (Fsp3) is 0.400. The largest absolute Gasteiger partial charge is 0.392 e. The topological polar surface area (TPSA) is 32.3 Å². The second-order valence-electron chi connectivity index (χ2n) is 3.41. The van der Waals surface area contributed by atoms with E-state index >= 15 is 0 Å². The number of nitrogens with one attached hydrogen (secondary N) is 1. The van der Waals surface area contributed by atoms with Gasteiger partial charge in [-0.15, -0.1) is 0 Å². The highest BCUT2D eigenvalue weighted by atomic mass is 35.5. The lowest BCUT2D eigenvalue weighted by Crippen LogP contribution is -2.14. The lowest BCUT2D eigenvalue weighted by Gasteiger charge is -2.09. The van der Waals surface area contributed by atoms with Crippen molar-refractivity contribution in [1.29, 1.82) is 0 Å². The number of aliphatic hydroxyl groups excluding tert-OH is 1. The van der Waals surface area contributed by atoms with Gasteiger partial charge in [0.2, 0.25) is 0 Å². The molecule has 1 aliphatic heterocycles. The van der Waals surface area contributed by atoms with Crippen molar-refractivity contribution in [2.24, 2.45) is 0 Å². The minimum absolute atomic E-state index is 0.219. The molecule has 1 saturated heterocycles. The predicted octanol–water partition coefficient (Wildman–Crippen LogP) is 1.74. The van der Waals surface area contributed by atoms with Gasteiger partial charge in [0.05, 0.1) is 6.10 Å². The van der Waals surface area contributed by atoms with E-state index in [-0.39, 0.29) is 12.1 Å². The third-order valence-electron chi connectivity index (χ3n) is 2.36. The molecule has 70 valence electrons. The van der Waals surface area contributed by atoms with Gasteiger partial charge in [-0.25, -0.2) is 0 Å². The SMILES string of the molecule is O[C@H]1CNC(c2cccc(Cl)c2)C1. The molecule has 2 N–H and O–H groups in total. The van der Waals surface area contributed by atoms with E-state index in [9.17, 15) is 5.11 Å². The Kier molecular flexibility index (Phi) is 2.54. The monoisotopic (exact) mass is 197 g/mol. The first kappa shape index (κ1) is 9.00. The summed E-state index contributed by atoms with van der Waals surface area (Å²) < 4.78 is 0. The van der Waals surface area contributed by atoms with E-state index in [4.69, 9.17) is 11.6 Å². The molecule has 1 aromatic rings. The molecule has 2 nitrogen and oxygen atoms in total. The van der Waals surface area contributed by atoms with Gasteiger partial charge in [0.1, 0.15) is 0 Å². The molecule has 0 aromatic heterocycles. The van der Waals surface area contributed by atoms with E-state index in [1.54, 1.807) is 0 Å². The molecule has 0 aliphatic carbocycles. The average Bonchev–Trinajstić information content (AvgIpc) is 2.52. The van der Waals surface area contributed by atoms with Crippen molar-refractivity contribution in [3.05, 3.63) is 34.9 Å². The molecule has 2 rings (SSSR count). The summed E-state index contributed by atoms with van der Waals surface area (Å²) in [5.41, 5.74) is 1.16. The van der Waals surface area contributed by atoms with Crippen LogP contribution in [0.3, 0.4) is 0 Å². The van der Waals surface area contributed by atoms with Crippen LogP contribution in [0.2, 0.25) is 5.02 Å². The molecule has 3 heteroatoms. The minimum Gasteiger partial charge on any atom is -0.392 e. The number of rotatable bonds is 1. The van der Waals surface area contributed by atoms with Crippen LogP contribution >= 0.6 is 11.6 Å². The van der Waals surface area contributed by atoms with E-state index in [1.807, 2.05) is 24.3 Å². The third kappa shape index (κ3) is 2.02. The van der Waals surface area contributed by atoms with Crippen LogP contribution in [-0.2, 0) is 0 Å². The smallest absolute Gasteiger partial charge is 0.0682 e. The van der Waals surface area contributed by atoms with Gasteiger partial charge in [0.25, 0.3) is 0 Å². The van der Waals surface area contributed by atoms with Crippen molar-refractivity contribution in [3.63, 3.8) is 0 Å². The number of hydrogen-bond acceptors (Lipinski definition) is 2. The highest BCUT2D eigenvalue weighted by Crippen LogP contribution is 2.25. The molecule has 1 aromatic carbocycles. The predicted molar refractivity (Wildman–Crippen MR) is 52.8 cm³/mol. The standard InChI is InChI=1S/C10H12ClNO/c11-8-3-1-2-7(4-8)10-5-9(13)6-12-10/h1-4,9-10,12-13H,5-6H2/t9-,10?/m1/s1. The van der Waals surface area contributed by atoms with Crippen molar-refractivity contribution < 1.29 is 5.11 Å². The van der Waals surface area contributed by atoms with E-state index in [1.165, 1.54) is 0 Å². The molecule has 0 spiro atoms. The first-order valence-electron chi connectivity index (χ1n) is 4.42. The molecule has 1 unspecified atom stereocenters. The normalized spacial score (nSPS) is 27.8. The quantitative estimate of drug-likeness (QED) is 0.719. The van der Waals surface area contributed by atoms with E-state index in [0.717, 1.165) is 17.0 Å². The zero-order chi connectivity index (χ0) is 9.26. The summed E-state index contributed by atoms with van der Waals surface area (Å²) >= 11 is 5.87. The molecule has 0 amide bonds. The second-order valence-corrected chi connectivity index (χ2v) is 3.84. The fourth-order valence-electron chi connectivity index (χ4n) is 1.69. The molecule has 0 saturated carbocycles. The van der Waals surface area contributed by atoms with Gasteiger partial charge in [-0.2, -0.15) is 0 Å².